The van der Waals surface area contributed by atoms with Gasteiger partial charge >= 0.3 is 6.18 Å². The van der Waals surface area contributed by atoms with E-state index in [1.165, 1.54) is 6.07 Å². The molecule has 2 aromatic rings. The molecule has 1 aliphatic rings. The molecular formula is C24H27Cl2F3N2O2S. The van der Waals surface area contributed by atoms with Crippen LogP contribution in [0, 0.1) is 5.92 Å². The van der Waals surface area contributed by atoms with Crippen molar-refractivity contribution in [3.05, 3.63) is 62.6 Å². The number of halogens is 5. The molecule has 0 saturated carbocycles. The molecule has 1 saturated heterocycles. The largest absolute Gasteiger partial charge is 0.416 e. The number of piperidine rings is 1. The van der Waals surface area contributed by atoms with Crippen LogP contribution in [0.5, 0.6) is 0 Å². The third-order valence-electron chi connectivity index (χ3n) is 5.86. The summed E-state index contributed by atoms with van der Waals surface area (Å²) in [6.45, 7) is 5.30. The van der Waals surface area contributed by atoms with Gasteiger partial charge in [-0.1, -0.05) is 37.0 Å². The highest BCUT2D eigenvalue weighted by Crippen LogP contribution is 2.37. The second kappa shape index (κ2) is 11.4. The fraction of sp³-hybridized carbons (Fsp3) is 0.458. The number of amides is 1. The Balaban J connectivity index is 1.85. The van der Waals surface area contributed by atoms with Gasteiger partial charge in [0.2, 0.25) is 0 Å². The smallest absolute Gasteiger partial charge is 0.348 e. The minimum Gasteiger partial charge on any atom is -0.348 e. The summed E-state index contributed by atoms with van der Waals surface area (Å²) in [5.41, 5.74) is -0.568. The first-order valence-electron chi connectivity index (χ1n) is 11.1. The van der Waals surface area contributed by atoms with Gasteiger partial charge in [0.25, 0.3) is 5.91 Å². The number of rotatable bonds is 7. The highest BCUT2D eigenvalue weighted by molar-refractivity contribution is 7.85. The van der Waals surface area contributed by atoms with Crippen LogP contribution in [0.4, 0.5) is 13.2 Å². The fourth-order valence-electron chi connectivity index (χ4n) is 4.18. The van der Waals surface area contributed by atoms with Gasteiger partial charge in [0.05, 0.1) is 16.4 Å². The predicted molar refractivity (Wildman–Crippen MR) is 130 cm³/mol. The van der Waals surface area contributed by atoms with Gasteiger partial charge < -0.3 is 5.32 Å². The van der Waals surface area contributed by atoms with Crippen molar-refractivity contribution in [1.82, 2.24) is 10.2 Å². The summed E-state index contributed by atoms with van der Waals surface area (Å²) in [6.07, 6.45) is -2.68. The molecule has 1 aliphatic heterocycles. The van der Waals surface area contributed by atoms with E-state index in [-0.39, 0.29) is 29.2 Å². The lowest BCUT2D eigenvalue weighted by atomic mass is 9.97. The summed E-state index contributed by atoms with van der Waals surface area (Å²) in [7, 11) is -1.28. The monoisotopic (exact) mass is 534 g/mol. The van der Waals surface area contributed by atoms with Crippen molar-refractivity contribution >= 4 is 39.9 Å². The second-order valence-electron chi connectivity index (χ2n) is 8.53. The Hall–Kier alpha value is -1.61. The molecule has 2 aromatic carbocycles. The number of nitrogens with zero attached hydrogens (tertiary/aromatic N) is 1. The lowest BCUT2D eigenvalue weighted by molar-refractivity contribution is -0.138. The summed E-state index contributed by atoms with van der Waals surface area (Å²) in [5, 5.41) is 2.92. The van der Waals surface area contributed by atoms with Crippen molar-refractivity contribution in [3.8, 4) is 0 Å². The molecule has 34 heavy (non-hydrogen) atoms. The SMILES string of the molecule is CCS(=O)c1ccc(Cl)cc1CNC(=O)c1cc(Cl)c(CN2CCCC(C)C2)c(C(F)(F)F)c1. The Morgan fingerprint density at radius 3 is 2.62 bits per heavy atom. The van der Waals surface area contributed by atoms with Crippen molar-refractivity contribution in [3.63, 3.8) is 0 Å². The van der Waals surface area contributed by atoms with E-state index in [4.69, 9.17) is 23.2 Å². The molecule has 0 aliphatic carbocycles. The topological polar surface area (TPSA) is 49.4 Å². The second-order valence-corrected chi connectivity index (χ2v) is 11.1. The maximum absolute atomic E-state index is 13.9. The molecule has 0 radical (unpaired) electrons. The van der Waals surface area contributed by atoms with Crippen molar-refractivity contribution in [2.24, 2.45) is 5.92 Å². The van der Waals surface area contributed by atoms with Crippen molar-refractivity contribution in [1.29, 1.82) is 0 Å². The number of hydrogen-bond acceptors (Lipinski definition) is 3. The molecule has 2 atom stereocenters. The zero-order valence-electron chi connectivity index (χ0n) is 19.0. The van der Waals surface area contributed by atoms with Crippen LogP contribution in [0.2, 0.25) is 10.0 Å². The van der Waals surface area contributed by atoms with Crippen molar-refractivity contribution in [2.45, 2.75) is 50.9 Å². The van der Waals surface area contributed by atoms with Crippen molar-refractivity contribution < 1.29 is 22.2 Å². The predicted octanol–water partition coefficient (Wildman–Crippen LogP) is 6.30. The van der Waals surface area contributed by atoms with Gasteiger partial charge in [-0.25, -0.2) is 0 Å². The number of nitrogens with one attached hydrogen (secondary N) is 1. The van der Waals surface area contributed by atoms with Crippen LogP contribution in [0.15, 0.2) is 35.2 Å². The highest BCUT2D eigenvalue weighted by atomic mass is 35.5. The molecule has 1 heterocycles. The number of hydrogen-bond donors (Lipinski definition) is 1. The molecule has 3 rings (SSSR count). The first kappa shape index (κ1) is 27.0. The van der Waals surface area contributed by atoms with Gasteiger partial charge in [0.1, 0.15) is 0 Å². The Kier molecular flexibility index (Phi) is 9.06. The molecule has 0 spiro atoms. The molecule has 1 amide bonds. The maximum atomic E-state index is 13.9. The summed E-state index contributed by atoms with van der Waals surface area (Å²) in [4.78, 5) is 15.3. The molecule has 10 heteroatoms. The first-order valence-corrected chi connectivity index (χ1v) is 13.1. The van der Waals surface area contributed by atoms with Crippen LogP contribution in [0.25, 0.3) is 0 Å². The fourth-order valence-corrected chi connectivity index (χ4v) is 5.60. The number of carbonyl (C=O) groups excluding carboxylic acids is 1. The Labute approximate surface area is 210 Å². The van der Waals surface area contributed by atoms with E-state index in [9.17, 15) is 22.2 Å². The van der Waals surface area contributed by atoms with Crippen LogP contribution in [0.1, 0.15) is 53.7 Å². The van der Waals surface area contributed by atoms with E-state index in [0.29, 0.717) is 40.2 Å². The molecule has 2 unspecified atom stereocenters. The summed E-state index contributed by atoms with van der Waals surface area (Å²) in [6, 6.07) is 6.94. The van der Waals surface area contributed by atoms with Crippen LogP contribution >= 0.6 is 23.2 Å². The van der Waals surface area contributed by atoms with Gasteiger partial charge in [-0.05, 0) is 66.8 Å². The number of alkyl halides is 3. The van der Waals surface area contributed by atoms with Crippen LogP contribution in [0.3, 0.4) is 0 Å². The summed E-state index contributed by atoms with van der Waals surface area (Å²) >= 11 is 12.3. The zero-order valence-corrected chi connectivity index (χ0v) is 21.3. The highest BCUT2D eigenvalue weighted by Gasteiger charge is 2.36. The molecule has 186 valence electrons. The number of benzene rings is 2. The third-order valence-corrected chi connectivity index (χ3v) is 7.84. The normalized spacial score (nSPS) is 18.0. The third kappa shape index (κ3) is 6.74. The van der Waals surface area contributed by atoms with Crippen LogP contribution < -0.4 is 5.32 Å². The Bertz CT molecular complexity index is 1080. The zero-order chi connectivity index (χ0) is 25.0. The molecular weight excluding hydrogens is 508 g/mol. The Morgan fingerprint density at radius 1 is 1.24 bits per heavy atom. The summed E-state index contributed by atoms with van der Waals surface area (Å²) in [5.74, 6) is 0.0776. The maximum Gasteiger partial charge on any atom is 0.416 e. The summed E-state index contributed by atoms with van der Waals surface area (Å²) < 4.78 is 54.1. The average Bonchev–Trinajstić information content (AvgIpc) is 2.77. The van der Waals surface area contributed by atoms with E-state index >= 15 is 0 Å². The van der Waals surface area contributed by atoms with Crippen LogP contribution in [-0.2, 0) is 30.1 Å². The Morgan fingerprint density at radius 2 is 1.97 bits per heavy atom. The minimum absolute atomic E-state index is 0.0183. The number of likely N-dealkylation sites (tertiary alicyclic amines) is 1. The van der Waals surface area contributed by atoms with E-state index in [2.05, 4.69) is 12.2 Å². The van der Waals surface area contributed by atoms with Gasteiger partial charge in [-0.3, -0.25) is 13.9 Å². The minimum atomic E-state index is -4.66. The van der Waals surface area contributed by atoms with Gasteiger partial charge in [-0.15, -0.1) is 0 Å². The molecule has 0 aromatic heterocycles. The van der Waals surface area contributed by atoms with E-state index in [1.807, 2.05) is 4.90 Å². The lowest BCUT2D eigenvalue weighted by Crippen LogP contribution is -2.34. The van der Waals surface area contributed by atoms with Gasteiger partial charge in [0, 0.05) is 45.9 Å². The molecule has 4 nitrogen and oxygen atoms in total. The van der Waals surface area contributed by atoms with E-state index in [0.717, 1.165) is 18.9 Å². The average molecular weight is 535 g/mol. The van der Waals surface area contributed by atoms with Crippen molar-refractivity contribution in [2.75, 3.05) is 18.8 Å². The molecule has 1 fully saturated rings. The quantitative estimate of drug-likeness (QED) is 0.453. The van der Waals surface area contributed by atoms with E-state index in [1.54, 1.807) is 25.1 Å². The van der Waals surface area contributed by atoms with E-state index < -0.39 is 28.4 Å². The molecule has 1 N–H and O–H groups in total. The molecule has 0 bridgehead atoms. The number of carbonyl (C=O) groups is 1. The standard InChI is InChI=1S/C24H27Cl2F3N2O2S/c1-3-34(33)22-7-6-18(25)9-17(22)12-30-23(32)16-10-20(24(27,28)29)19(21(26)11-16)14-31-8-4-5-15(2)13-31/h6-7,9-11,15H,3-5,8,12-14H2,1-2H3,(H,30,32). The lowest BCUT2D eigenvalue weighted by Gasteiger charge is -2.32. The first-order chi connectivity index (χ1) is 16.0. The van der Waals surface area contributed by atoms with Gasteiger partial charge in [-0.2, -0.15) is 13.2 Å². The van der Waals surface area contributed by atoms with Gasteiger partial charge in [0.15, 0.2) is 0 Å². The van der Waals surface area contributed by atoms with Crippen LogP contribution in [-0.4, -0.2) is 33.9 Å².